The first-order chi connectivity index (χ1) is 4.84. The molecule has 2 N–H and O–H groups in total. The summed E-state index contributed by atoms with van der Waals surface area (Å²) in [5, 5.41) is 11.0. The Kier molecular flexibility index (Phi) is 4.48. The summed E-state index contributed by atoms with van der Waals surface area (Å²) < 4.78 is -1.95. The lowest BCUT2D eigenvalue weighted by Gasteiger charge is -2.11. The van der Waals surface area contributed by atoms with Crippen molar-refractivity contribution in [3.8, 4) is 0 Å². The van der Waals surface area contributed by atoms with Crippen LogP contribution in [0, 0.1) is 0 Å². The molecule has 0 saturated carbocycles. The number of aliphatic hydroxyl groups is 1. The van der Waals surface area contributed by atoms with Crippen molar-refractivity contribution in [2.24, 2.45) is 0 Å². The van der Waals surface area contributed by atoms with Gasteiger partial charge in [-0.15, -0.1) is 0 Å². The van der Waals surface area contributed by atoms with Crippen LogP contribution in [0.2, 0.25) is 0 Å². The van der Waals surface area contributed by atoms with E-state index in [2.05, 4.69) is 5.32 Å². The van der Waals surface area contributed by atoms with Crippen molar-refractivity contribution in [1.82, 2.24) is 5.32 Å². The predicted octanol–water partition coefficient (Wildman–Crippen LogP) is 0.854. The van der Waals surface area contributed by atoms with Gasteiger partial charge < -0.3 is 10.4 Å². The molecule has 0 aromatic carbocycles. The number of hydrogen-bond acceptors (Lipinski definition) is 2. The lowest BCUT2D eigenvalue weighted by Crippen LogP contribution is -2.38. The fraction of sp³-hybridized carbons (Fsp3) is 0.800. The molecule has 3 nitrogen and oxygen atoms in total. The summed E-state index contributed by atoms with van der Waals surface area (Å²) in [6, 6.07) is 0. The molecule has 0 bridgehead atoms. The molecule has 0 aromatic rings. The average molecular weight is 220 g/mol. The molecular formula is C5H8Cl3NO2. The lowest BCUT2D eigenvalue weighted by atomic mass is 10.4. The maximum Gasteiger partial charge on any atom is 0.272 e. The van der Waals surface area contributed by atoms with E-state index in [9.17, 15) is 4.79 Å². The molecule has 0 aliphatic rings. The maximum atomic E-state index is 10.8. The van der Waals surface area contributed by atoms with E-state index in [1.165, 1.54) is 6.92 Å². The Morgan fingerprint density at radius 3 is 2.36 bits per heavy atom. The minimum Gasteiger partial charge on any atom is -0.392 e. The molecular weight excluding hydrogens is 212 g/mol. The minimum absolute atomic E-state index is 0.0761. The minimum atomic E-state index is -1.95. The third-order valence-corrected chi connectivity index (χ3v) is 1.33. The Morgan fingerprint density at radius 2 is 2.09 bits per heavy atom. The van der Waals surface area contributed by atoms with E-state index in [0.717, 1.165) is 0 Å². The van der Waals surface area contributed by atoms with Crippen LogP contribution in [0.3, 0.4) is 0 Å². The van der Waals surface area contributed by atoms with Gasteiger partial charge in [-0.25, -0.2) is 0 Å². The van der Waals surface area contributed by atoms with Crippen LogP contribution in [-0.2, 0) is 4.79 Å². The first-order valence-electron chi connectivity index (χ1n) is 2.87. The second-order valence-electron chi connectivity index (χ2n) is 2.06. The fourth-order valence-corrected chi connectivity index (χ4v) is 0.541. The van der Waals surface area contributed by atoms with Crippen LogP contribution in [0.4, 0.5) is 0 Å². The van der Waals surface area contributed by atoms with E-state index in [1.807, 2.05) is 0 Å². The molecule has 0 aliphatic carbocycles. The number of halogens is 3. The molecule has 1 amide bonds. The standard InChI is InChI=1S/C5H8Cl3NO2/c1-3(10)2-9-4(11)5(6,7)8/h3,10H,2H2,1H3,(H,9,11)/t3-/m0/s1. The molecule has 0 unspecified atom stereocenters. The van der Waals surface area contributed by atoms with Crippen LogP contribution in [0.5, 0.6) is 0 Å². The van der Waals surface area contributed by atoms with Crippen molar-refractivity contribution >= 4 is 40.7 Å². The molecule has 0 spiro atoms. The van der Waals surface area contributed by atoms with E-state index >= 15 is 0 Å². The Balaban J connectivity index is 3.71. The van der Waals surface area contributed by atoms with Crippen LogP contribution in [-0.4, -0.2) is 27.5 Å². The molecule has 11 heavy (non-hydrogen) atoms. The van der Waals surface area contributed by atoms with Crippen molar-refractivity contribution in [2.45, 2.75) is 16.8 Å². The highest BCUT2D eigenvalue weighted by atomic mass is 35.6. The molecule has 0 rings (SSSR count). The smallest absolute Gasteiger partial charge is 0.272 e. The van der Waals surface area contributed by atoms with Gasteiger partial charge in [-0.05, 0) is 6.92 Å². The highest BCUT2D eigenvalue weighted by Gasteiger charge is 2.30. The molecule has 0 aliphatic heterocycles. The first-order valence-corrected chi connectivity index (χ1v) is 4.00. The van der Waals surface area contributed by atoms with Crippen molar-refractivity contribution in [2.75, 3.05) is 6.54 Å². The van der Waals surface area contributed by atoms with Gasteiger partial charge >= 0.3 is 0 Å². The van der Waals surface area contributed by atoms with Crippen LogP contribution in [0.15, 0.2) is 0 Å². The van der Waals surface area contributed by atoms with Crippen LogP contribution in [0.25, 0.3) is 0 Å². The zero-order valence-corrected chi connectivity index (χ0v) is 8.04. The van der Waals surface area contributed by atoms with E-state index in [-0.39, 0.29) is 6.54 Å². The molecule has 0 heterocycles. The van der Waals surface area contributed by atoms with Gasteiger partial charge in [0.2, 0.25) is 0 Å². The van der Waals surface area contributed by atoms with Gasteiger partial charge in [0.25, 0.3) is 9.70 Å². The predicted molar refractivity (Wildman–Crippen MR) is 45.0 cm³/mol. The number of nitrogens with one attached hydrogen (secondary N) is 1. The summed E-state index contributed by atoms with van der Waals surface area (Å²) in [5.41, 5.74) is 0. The third-order valence-electron chi connectivity index (χ3n) is 0.815. The zero-order chi connectivity index (χ0) is 9.07. The largest absolute Gasteiger partial charge is 0.392 e. The quantitative estimate of drug-likeness (QED) is 0.678. The number of carbonyl (C=O) groups excluding carboxylic acids is 1. The summed E-state index contributed by atoms with van der Waals surface area (Å²) in [6.45, 7) is 1.59. The third kappa shape index (κ3) is 5.56. The van der Waals surface area contributed by atoms with Gasteiger partial charge in [-0.2, -0.15) is 0 Å². The highest BCUT2D eigenvalue weighted by molar-refractivity contribution is 6.76. The van der Waals surface area contributed by atoms with E-state index < -0.39 is 15.8 Å². The summed E-state index contributed by atoms with van der Waals surface area (Å²) in [7, 11) is 0. The van der Waals surface area contributed by atoms with Gasteiger partial charge in [0, 0.05) is 6.54 Å². The van der Waals surface area contributed by atoms with E-state index in [0.29, 0.717) is 0 Å². The van der Waals surface area contributed by atoms with Crippen molar-refractivity contribution in [1.29, 1.82) is 0 Å². The zero-order valence-electron chi connectivity index (χ0n) is 5.77. The second-order valence-corrected chi connectivity index (χ2v) is 4.34. The summed E-state index contributed by atoms with van der Waals surface area (Å²) in [6.07, 6.45) is -0.647. The van der Waals surface area contributed by atoms with Gasteiger partial charge in [-0.3, -0.25) is 4.79 Å². The van der Waals surface area contributed by atoms with Crippen LogP contribution >= 0.6 is 34.8 Å². The summed E-state index contributed by atoms with van der Waals surface area (Å²) in [4.78, 5) is 10.8. The Morgan fingerprint density at radius 1 is 1.64 bits per heavy atom. The highest BCUT2D eigenvalue weighted by Crippen LogP contribution is 2.25. The van der Waals surface area contributed by atoms with E-state index in [1.54, 1.807) is 0 Å². The fourth-order valence-electron chi connectivity index (χ4n) is 0.341. The SMILES string of the molecule is C[C@H](O)CNC(=O)C(Cl)(Cl)Cl. The van der Waals surface area contributed by atoms with Crippen molar-refractivity contribution in [3.05, 3.63) is 0 Å². The molecule has 0 fully saturated rings. The van der Waals surface area contributed by atoms with Crippen molar-refractivity contribution in [3.63, 3.8) is 0 Å². The molecule has 0 aromatic heterocycles. The molecule has 66 valence electrons. The summed E-state index contributed by atoms with van der Waals surface area (Å²) >= 11 is 15.6. The van der Waals surface area contributed by atoms with Crippen LogP contribution in [0.1, 0.15) is 6.92 Å². The van der Waals surface area contributed by atoms with Gasteiger partial charge in [-0.1, -0.05) is 34.8 Å². The topological polar surface area (TPSA) is 49.3 Å². The monoisotopic (exact) mass is 219 g/mol. The molecule has 6 heteroatoms. The number of aliphatic hydroxyl groups excluding tert-OH is 1. The number of hydrogen-bond donors (Lipinski definition) is 2. The molecule has 0 saturated heterocycles. The summed E-state index contributed by atoms with van der Waals surface area (Å²) in [5.74, 6) is -0.733. The second kappa shape index (κ2) is 4.36. The Labute approximate surface area is 79.6 Å². The van der Waals surface area contributed by atoms with Gasteiger partial charge in [0.1, 0.15) is 0 Å². The van der Waals surface area contributed by atoms with Gasteiger partial charge in [0.05, 0.1) is 6.10 Å². The average Bonchev–Trinajstić information content (AvgIpc) is 1.80. The number of rotatable bonds is 2. The van der Waals surface area contributed by atoms with Crippen molar-refractivity contribution < 1.29 is 9.90 Å². The Hall–Kier alpha value is 0.300. The molecule has 0 radical (unpaired) electrons. The van der Waals surface area contributed by atoms with Crippen LogP contribution < -0.4 is 5.32 Å². The number of carbonyl (C=O) groups is 1. The van der Waals surface area contributed by atoms with Gasteiger partial charge in [0.15, 0.2) is 0 Å². The molecule has 1 atom stereocenters. The number of alkyl halides is 3. The maximum absolute atomic E-state index is 10.8. The Bertz CT molecular complexity index is 143. The normalized spacial score (nSPS) is 14.3. The lowest BCUT2D eigenvalue weighted by molar-refractivity contribution is -0.120. The number of amides is 1. The first kappa shape index (κ1) is 11.3. The van der Waals surface area contributed by atoms with E-state index in [4.69, 9.17) is 39.9 Å².